The van der Waals surface area contributed by atoms with Crippen LogP contribution in [0.25, 0.3) is 11.4 Å². The zero-order valence-corrected chi connectivity index (χ0v) is 14.9. The Labute approximate surface area is 142 Å². The van der Waals surface area contributed by atoms with Crippen LogP contribution < -0.4 is 4.74 Å². The average molecular weight is 331 g/mol. The van der Waals surface area contributed by atoms with E-state index in [4.69, 9.17) is 9.72 Å². The summed E-state index contributed by atoms with van der Waals surface area (Å²) in [7, 11) is 1.69. The fourth-order valence-electron chi connectivity index (χ4n) is 3.05. The number of imidazole rings is 1. The van der Waals surface area contributed by atoms with E-state index in [1.165, 1.54) is 23.6 Å². The van der Waals surface area contributed by atoms with Gasteiger partial charge in [0, 0.05) is 31.1 Å². The number of nitrogens with zero attached hydrogens (tertiary/aromatic N) is 2. The van der Waals surface area contributed by atoms with Gasteiger partial charge in [0.2, 0.25) is 0 Å². The lowest BCUT2D eigenvalue weighted by Gasteiger charge is -2.31. The van der Waals surface area contributed by atoms with Crippen molar-refractivity contribution in [1.29, 1.82) is 0 Å². The number of nitrogens with one attached hydrogen (secondary N) is 1. The number of hydrogen-bond donors (Lipinski definition) is 1. The first-order chi connectivity index (χ1) is 11.2. The normalized spacial score (nSPS) is 16.1. The van der Waals surface area contributed by atoms with E-state index in [-0.39, 0.29) is 0 Å². The van der Waals surface area contributed by atoms with Gasteiger partial charge in [0.05, 0.1) is 18.5 Å². The molecule has 0 spiro atoms. The highest BCUT2D eigenvalue weighted by Crippen LogP contribution is 2.25. The first-order valence-corrected chi connectivity index (χ1v) is 9.56. The fourth-order valence-corrected chi connectivity index (χ4v) is 3.62. The summed E-state index contributed by atoms with van der Waals surface area (Å²) in [5, 5.41) is 0. The molecule has 1 N–H and O–H groups in total. The number of benzene rings is 1. The van der Waals surface area contributed by atoms with Gasteiger partial charge < -0.3 is 9.72 Å². The van der Waals surface area contributed by atoms with Crippen molar-refractivity contribution in [1.82, 2.24) is 14.9 Å². The molecule has 1 atom stereocenters. The number of thioether (sulfide) groups is 1. The Morgan fingerprint density at radius 3 is 2.83 bits per heavy atom. The van der Waals surface area contributed by atoms with E-state index in [2.05, 4.69) is 35.2 Å². The number of ether oxygens (including phenoxy) is 1. The van der Waals surface area contributed by atoms with E-state index in [1.54, 1.807) is 7.11 Å². The number of aromatic nitrogens is 2. The lowest BCUT2D eigenvalue weighted by atomic mass is 10.1. The molecule has 124 valence electrons. The smallest absolute Gasteiger partial charge is 0.137 e. The van der Waals surface area contributed by atoms with Crippen molar-refractivity contribution in [2.24, 2.45) is 0 Å². The third kappa shape index (κ3) is 3.72. The summed E-state index contributed by atoms with van der Waals surface area (Å²) in [6, 6.07) is 8.70. The minimum Gasteiger partial charge on any atom is -0.497 e. The van der Waals surface area contributed by atoms with E-state index in [0.717, 1.165) is 36.6 Å². The summed E-state index contributed by atoms with van der Waals surface area (Å²) in [6.07, 6.45) is 4.46. The van der Waals surface area contributed by atoms with Crippen molar-refractivity contribution in [3.63, 3.8) is 0 Å². The van der Waals surface area contributed by atoms with Crippen LogP contribution in [0.5, 0.6) is 5.75 Å². The van der Waals surface area contributed by atoms with E-state index < -0.39 is 0 Å². The summed E-state index contributed by atoms with van der Waals surface area (Å²) in [4.78, 5) is 10.9. The quantitative estimate of drug-likeness (QED) is 0.878. The second-order valence-electron chi connectivity index (χ2n) is 6.09. The molecule has 0 bridgehead atoms. The van der Waals surface area contributed by atoms with Gasteiger partial charge in [-0.3, -0.25) is 4.90 Å². The maximum atomic E-state index is 5.22. The predicted molar refractivity (Wildman–Crippen MR) is 97.2 cm³/mol. The molecule has 1 aromatic carbocycles. The number of aromatic amines is 1. The summed E-state index contributed by atoms with van der Waals surface area (Å²) >= 11 is 1.93. The van der Waals surface area contributed by atoms with Crippen molar-refractivity contribution in [2.75, 3.05) is 25.7 Å². The molecule has 0 saturated carbocycles. The van der Waals surface area contributed by atoms with Gasteiger partial charge in [0.15, 0.2) is 0 Å². The van der Waals surface area contributed by atoms with Crippen LogP contribution in [0.3, 0.4) is 0 Å². The molecule has 23 heavy (non-hydrogen) atoms. The van der Waals surface area contributed by atoms with E-state index in [0.29, 0.717) is 6.04 Å². The molecule has 0 amide bonds. The van der Waals surface area contributed by atoms with Crippen LogP contribution >= 0.6 is 11.8 Å². The Hall–Kier alpha value is -1.46. The number of fused-ring (bicyclic) bond motifs is 1. The van der Waals surface area contributed by atoms with Crippen molar-refractivity contribution in [3.05, 3.63) is 35.7 Å². The third-order valence-corrected chi connectivity index (χ3v) is 5.23. The molecule has 0 unspecified atom stereocenters. The van der Waals surface area contributed by atoms with Crippen LogP contribution in [-0.2, 0) is 13.0 Å². The predicted octanol–water partition coefficient (Wildman–Crippen LogP) is 3.59. The maximum Gasteiger partial charge on any atom is 0.137 e. The Balaban J connectivity index is 1.73. The topological polar surface area (TPSA) is 41.1 Å². The number of H-pyrrole nitrogens is 1. The first kappa shape index (κ1) is 16.4. The summed E-state index contributed by atoms with van der Waals surface area (Å²) in [5.74, 6) is 3.07. The van der Waals surface area contributed by atoms with Crippen LogP contribution in [0.4, 0.5) is 0 Å². The summed E-state index contributed by atoms with van der Waals surface area (Å²) in [6.45, 7) is 4.42. The van der Waals surface area contributed by atoms with E-state index in [1.807, 2.05) is 23.9 Å². The van der Waals surface area contributed by atoms with Crippen molar-refractivity contribution in [3.8, 4) is 17.1 Å². The molecule has 0 aliphatic carbocycles. The van der Waals surface area contributed by atoms with Crippen molar-refractivity contribution in [2.45, 2.75) is 32.4 Å². The lowest BCUT2D eigenvalue weighted by molar-refractivity contribution is 0.184. The summed E-state index contributed by atoms with van der Waals surface area (Å²) in [5.41, 5.74) is 3.62. The average Bonchev–Trinajstić information content (AvgIpc) is 3.02. The van der Waals surface area contributed by atoms with E-state index >= 15 is 0 Å². The molecule has 5 heteroatoms. The second kappa shape index (κ2) is 7.41. The van der Waals surface area contributed by atoms with Crippen LogP contribution in [0.1, 0.15) is 24.7 Å². The van der Waals surface area contributed by atoms with E-state index in [9.17, 15) is 0 Å². The SMILES string of the molecule is COc1ccc(-c2nc3c([nH]2)CN([C@@H](C)CCSC)CC3)cc1. The molecule has 1 aliphatic heterocycles. The zero-order valence-electron chi connectivity index (χ0n) is 14.1. The van der Waals surface area contributed by atoms with Crippen LogP contribution in [0, 0.1) is 0 Å². The zero-order chi connectivity index (χ0) is 16.2. The number of methoxy groups -OCH3 is 1. The summed E-state index contributed by atoms with van der Waals surface area (Å²) < 4.78 is 5.22. The first-order valence-electron chi connectivity index (χ1n) is 8.16. The van der Waals surface area contributed by atoms with Crippen LogP contribution in [0.15, 0.2) is 24.3 Å². The fraction of sp³-hybridized carbons (Fsp3) is 0.500. The lowest BCUT2D eigenvalue weighted by Crippen LogP contribution is -2.38. The van der Waals surface area contributed by atoms with Crippen molar-refractivity contribution >= 4 is 11.8 Å². The minimum absolute atomic E-state index is 0.628. The molecular formula is C18H25N3OS. The molecular weight excluding hydrogens is 306 g/mol. The monoisotopic (exact) mass is 331 g/mol. The molecule has 1 aromatic heterocycles. The van der Waals surface area contributed by atoms with Gasteiger partial charge in [-0.15, -0.1) is 0 Å². The Morgan fingerprint density at radius 2 is 2.13 bits per heavy atom. The molecule has 2 heterocycles. The molecule has 0 fully saturated rings. The molecule has 4 nitrogen and oxygen atoms in total. The number of hydrogen-bond acceptors (Lipinski definition) is 4. The molecule has 2 aromatic rings. The second-order valence-corrected chi connectivity index (χ2v) is 7.08. The Kier molecular flexibility index (Phi) is 5.28. The van der Waals surface area contributed by atoms with Gasteiger partial charge in [-0.05, 0) is 49.6 Å². The van der Waals surface area contributed by atoms with Gasteiger partial charge in [-0.1, -0.05) is 0 Å². The van der Waals surface area contributed by atoms with Gasteiger partial charge >= 0.3 is 0 Å². The Bertz CT molecular complexity index is 638. The standard InChI is InChI=1S/C18H25N3OS/c1-13(9-11-23-3)21-10-8-16-17(12-21)20-18(19-16)14-4-6-15(22-2)7-5-14/h4-7,13H,8-12H2,1-3H3,(H,19,20)/t13-/m0/s1. The van der Waals surface area contributed by atoms with Crippen LogP contribution in [-0.4, -0.2) is 46.6 Å². The third-order valence-electron chi connectivity index (χ3n) is 4.59. The highest BCUT2D eigenvalue weighted by molar-refractivity contribution is 7.98. The highest BCUT2D eigenvalue weighted by atomic mass is 32.2. The van der Waals surface area contributed by atoms with Gasteiger partial charge in [0.25, 0.3) is 0 Å². The molecule has 1 aliphatic rings. The molecule has 0 saturated heterocycles. The largest absolute Gasteiger partial charge is 0.497 e. The molecule has 3 rings (SSSR count). The number of rotatable bonds is 6. The van der Waals surface area contributed by atoms with Gasteiger partial charge in [0.1, 0.15) is 11.6 Å². The minimum atomic E-state index is 0.628. The van der Waals surface area contributed by atoms with Crippen molar-refractivity contribution < 1.29 is 4.74 Å². The highest BCUT2D eigenvalue weighted by Gasteiger charge is 2.23. The Morgan fingerprint density at radius 1 is 1.35 bits per heavy atom. The molecule has 0 radical (unpaired) electrons. The van der Waals surface area contributed by atoms with Gasteiger partial charge in [-0.25, -0.2) is 4.98 Å². The maximum absolute atomic E-state index is 5.22. The van der Waals surface area contributed by atoms with Gasteiger partial charge in [-0.2, -0.15) is 11.8 Å². The van der Waals surface area contributed by atoms with Crippen LogP contribution in [0.2, 0.25) is 0 Å².